The third kappa shape index (κ3) is 3.90. The van der Waals surface area contributed by atoms with Crippen molar-refractivity contribution in [1.82, 2.24) is 14.7 Å². The van der Waals surface area contributed by atoms with E-state index in [4.69, 9.17) is 0 Å². The molecule has 158 valence electrons. The van der Waals surface area contributed by atoms with Gasteiger partial charge in [0.2, 0.25) is 0 Å². The molecule has 0 radical (unpaired) electrons. The summed E-state index contributed by atoms with van der Waals surface area (Å²) in [5.74, 6) is -3.72. The van der Waals surface area contributed by atoms with Gasteiger partial charge in [0.05, 0.1) is 11.3 Å². The smallest absolute Gasteiger partial charge is 0.419 e. The number of fused-ring (bicyclic) bond motifs is 1. The quantitative estimate of drug-likeness (QED) is 0.591. The standard InChI is InChI=1S/C18H13F4N3O4S/c1-2-23-15(27)13-14(16(28)29)30-17-24-9(7-11(26)25(13)17)6-8-4-3-5-10(12(8)19)18(20,21)22/h3-5,7H,2,6H2,1H3,(H,23,27)(H,28,29). The summed E-state index contributed by atoms with van der Waals surface area (Å²) >= 11 is 0.554. The van der Waals surface area contributed by atoms with Crippen LogP contribution in [-0.4, -0.2) is 32.9 Å². The second-order valence-electron chi connectivity index (χ2n) is 6.10. The Morgan fingerprint density at radius 1 is 1.30 bits per heavy atom. The van der Waals surface area contributed by atoms with Crippen molar-refractivity contribution in [2.24, 2.45) is 0 Å². The number of halogens is 4. The van der Waals surface area contributed by atoms with Crippen LogP contribution in [-0.2, 0) is 12.6 Å². The highest BCUT2D eigenvalue weighted by Crippen LogP contribution is 2.33. The number of benzene rings is 1. The van der Waals surface area contributed by atoms with E-state index in [1.807, 2.05) is 0 Å². The minimum Gasteiger partial charge on any atom is -0.477 e. The lowest BCUT2D eigenvalue weighted by atomic mass is 10.0. The fraction of sp³-hybridized carbons (Fsp3) is 0.222. The summed E-state index contributed by atoms with van der Waals surface area (Å²) in [6.45, 7) is 1.79. The molecule has 3 aromatic rings. The van der Waals surface area contributed by atoms with Crippen LogP contribution in [0.2, 0.25) is 0 Å². The Kier molecular flexibility index (Phi) is 5.61. The highest BCUT2D eigenvalue weighted by atomic mass is 32.1. The van der Waals surface area contributed by atoms with Gasteiger partial charge in [0.25, 0.3) is 11.5 Å². The lowest BCUT2D eigenvalue weighted by Crippen LogP contribution is -2.29. The molecule has 0 aliphatic carbocycles. The first-order valence-corrected chi connectivity index (χ1v) is 9.27. The molecule has 7 nitrogen and oxygen atoms in total. The molecule has 3 rings (SSSR count). The number of aromatic nitrogens is 2. The fourth-order valence-electron chi connectivity index (χ4n) is 2.84. The van der Waals surface area contributed by atoms with Gasteiger partial charge >= 0.3 is 12.1 Å². The molecule has 0 bridgehead atoms. The molecular weight excluding hydrogens is 430 g/mol. The molecule has 0 saturated carbocycles. The lowest BCUT2D eigenvalue weighted by Gasteiger charge is -2.11. The summed E-state index contributed by atoms with van der Waals surface area (Å²) < 4.78 is 53.8. The van der Waals surface area contributed by atoms with Crippen LogP contribution < -0.4 is 10.9 Å². The van der Waals surface area contributed by atoms with Crippen molar-refractivity contribution in [2.45, 2.75) is 19.5 Å². The van der Waals surface area contributed by atoms with E-state index in [1.54, 1.807) is 6.92 Å². The number of amides is 1. The Bertz CT molecular complexity index is 1220. The second-order valence-corrected chi connectivity index (χ2v) is 7.08. The summed E-state index contributed by atoms with van der Waals surface area (Å²) in [7, 11) is 0. The fourth-order valence-corrected chi connectivity index (χ4v) is 3.82. The number of carboxylic acid groups (broad SMARTS) is 1. The summed E-state index contributed by atoms with van der Waals surface area (Å²) in [5, 5.41) is 11.8. The highest BCUT2D eigenvalue weighted by Gasteiger charge is 2.35. The van der Waals surface area contributed by atoms with Crippen molar-refractivity contribution in [1.29, 1.82) is 0 Å². The average Bonchev–Trinajstić information content (AvgIpc) is 3.03. The predicted octanol–water partition coefficient (Wildman–Crippen LogP) is 2.95. The van der Waals surface area contributed by atoms with Crippen LogP contribution in [0.15, 0.2) is 29.1 Å². The van der Waals surface area contributed by atoms with Crippen molar-refractivity contribution in [3.05, 3.63) is 67.8 Å². The molecule has 30 heavy (non-hydrogen) atoms. The zero-order valence-electron chi connectivity index (χ0n) is 15.2. The van der Waals surface area contributed by atoms with Crippen LogP contribution in [0.1, 0.15) is 43.9 Å². The molecule has 0 saturated heterocycles. The molecule has 0 aliphatic heterocycles. The number of alkyl halides is 3. The first kappa shape index (κ1) is 21.4. The molecule has 12 heteroatoms. The maximum Gasteiger partial charge on any atom is 0.419 e. The van der Waals surface area contributed by atoms with Crippen LogP contribution >= 0.6 is 11.3 Å². The monoisotopic (exact) mass is 443 g/mol. The highest BCUT2D eigenvalue weighted by molar-refractivity contribution is 7.19. The van der Waals surface area contributed by atoms with Crippen molar-refractivity contribution < 1.29 is 32.3 Å². The van der Waals surface area contributed by atoms with E-state index in [-0.39, 0.29) is 22.8 Å². The molecule has 2 aromatic heterocycles. The molecule has 0 fully saturated rings. The molecule has 2 N–H and O–H groups in total. The van der Waals surface area contributed by atoms with E-state index in [0.29, 0.717) is 17.4 Å². The minimum absolute atomic E-state index is 0.0705. The van der Waals surface area contributed by atoms with Crippen LogP contribution in [0.4, 0.5) is 17.6 Å². The Hall–Kier alpha value is -3.28. The number of carbonyl (C=O) groups is 2. The number of aromatic carboxylic acids is 1. The summed E-state index contributed by atoms with van der Waals surface area (Å²) in [4.78, 5) is 39.8. The lowest BCUT2D eigenvalue weighted by molar-refractivity contribution is -0.140. The van der Waals surface area contributed by atoms with E-state index >= 15 is 0 Å². The van der Waals surface area contributed by atoms with Gasteiger partial charge in [-0.2, -0.15) is 13.2 Å². The molecule has 2 heterocycles. The Morgan fingerprint density at radius 3 is 2.60 bits per heavy atom. The average molecular weight is 443 g/mol. The molecule has 0 atom stereocenters. The number of carbonyl (C=O) groups excluding carboxylic acids is 1. The first-order chi connectivity index (χ1) is 14.0. The maximum atomic E-state index is 14.3. The van der Waals surface area contributed by atoms with Gasteiger partial charge in [0, 0.05) is 19.0 Å². The van der Waals surface area contributed by atoms with E-state index in [2.05, 4.69) is 10.3 Å². The van der Waals surface area contributed by atoms with E-state index < -0.39 is 52.0 Å². The summed E-state index contributed by atoms with van der Waals surface area (Å²) in [6.07, 6.45) is -5.32. The molecule has 0 spiro atoms. The van der Waals surface area contributed by atoms with Crippen molar-refractivity contribution in [2.75, 3.05) is 6.54 Å². The van der Waals surface area contributed by atoms with Crippen LogP contribution in [0.25, 0.3) is 4.96 Å². The summed E-state index contributed by atoms with van der Waals surface area (Å²) in [6, 6.07) is 3.69. The van der Waals surface area contributed by atoms with Crippen LogP contribution in [0.5, 0.6) is 0 Å². The van der Waals surface area contributed by atoms with Crippen LogP contribution in [0.3, 0.4) is 0 Å². The van der Waals surface area contributed by atoms with Crippen molar-refractivity contribution in [3.8, 4) is 0 Å². The normalized spacial score (nSPS) is 11.6. The number of rotatable bonds is 5. The van der Waals surface area contributed by atoms with Gasteiger partial charge in [-0.15, -0.1) is 0 Å². The number of hydrogen-bond donors (Lipinski definition) is 2. The predicted molar refractivity (Wildman–Crippen MR) is 98.5 cm³/mol. The number of hydrogen-bond acceptors (Lipinski definition) is 5. The zero-order chi connectivity index (χ0) is 22.2. The largest absolute Gasteiger partial charge is 0.477 e. The van der Waals surface area contributed by atoms with Gasteiger partial charge in [0.15, 0.2) is 4.96 Å². The number of nitrogens with one attached hydrogen (secondary N) is 1. The summed E-state index contributed by atoms with van der Waals surface area (Å²) in [5.41, 5.74) is -3.06. The maximum absolute atomic E-state index is 14.3. The Morgan fingerprint density at radius 2 is 2.00 bits per heavy atom. The van der Waals surface area contributed by atoms with Gasteiger partial charge in [-0.05, 0) is 18.6 Å². The molecule has 1 amide bonds. The number of carboxylic acids is 1. The third-order valence-electron chi connectivity index (χ3n) is 4.08. The minimum atomic E-state index is -4.89. The SMILES string of the molecule is CCNC(=O)c1c(C(=O)O)sc2nc(Cc3cccc(C(F)(F)F)c3F)cc(=O)n12. The number of nitrogens with zero attached hydrogens (tertiary/aromatic N) is 2. The van der Waals surface area contributed by atoms with Gasteiger partial charge in [-0.25, -0.2) is 18.6 Å². The molecule has 1 aromatic carbocycles. The zero-order valence-corrected chi connectivity index (χ0v) is 16.0. The second kappa shape index (κ2) is 7.86. The van der Waals surface area contributed by atoms with Crippen molar-refractivity contribution >= 4 is 28.2 Å². The van der Waals surface area contributed by atoms with Crippen molar-refractivity contribution in [3.63, 3.8) is 0 Å². The van der Waals surface area contributed by atoms with Gasteiger partial charge in [-0.1, -0.05) is 23.5 Å². The topological polar surface area (TPSA) is 101 Å². The molecule has 0 aliphatic rings. The number of thiazole rings is 1. The van der Waals surface area contributed by atoms with Gasteiger partial charge in [0.1, 0.15) is 16.4 Å². The Labute approximate surface area is 169 Å². The molecular formula is C18H13F4N3O4S. The van der Waals surface area contributed by atoms with Gasteiger partial charge < -0.3 is 10.4 Å². The Balaban J connectivity index is 2.12. The molecule has 0 unspecified atom stereocenters. The third-order valence-corrected chi connectivity index (χ3v) is 5.10. The first-order valence-electron chi connectivity index (χ1n) is 8.46. The van der Waals surface area contributed by atoms with Crippen LogP contribution in [0, 0.1) is 5.82 Å². The van der Waals surface area contributed by atoms with E-state index in [0.717, 1.165) is 22.6 Å². The van der Waals surface area contributed by atoms with E-state index in [1.165, 1.54) is 0 Å². The van der Waals surface area contributed by atoms with E-state index in [9.17, 15) is 37.1 Å². The van der Waals surface area contributed by atoms with Gasteiger partial charge in [-0.3, -0.25) is 9.59 Å².